The number of imide groups is 1. The summed E-state index contributed by atoms with van der Waals surface area (Å²) >= 11 is 0. The fourth-order valence-electron chi connectivity index (χ4n) is 2.77. The van der Waals surface area contributed by atoms with Crippen LogP contribution in [0, 0.1) is 0 Å². The highest BCUT2D eigenvalue weighted by molar-refractivity contribution is 6.02. The third kappa shape index (κ3) is 3.27. The average Bonchev–Trinajstić information content (AvgIpc) is 3.16. The zero-order valence-corrected chi connectivity index (χ0v) is 14.3. The SMILES string of the molecule is CC(C)(C)n1nc(C(=O)NCCN2C(=O)CNC2=O)cc1C1CC1. The first kappa shape index (κ1) is 16.5. The van der Waals surface area contributed by atoms with E-state index in [1.165, 1.54) is 0 Å². The number of urea groups is 1. The van der Waals surface area contributed by atoms with Gasteiger partial charge in [-0.1, -0.05) is 0 Å². The molecule has 1 aliphatic carbocycles. The second kappa shape index (κ2) is 5.92. The Hall–Kier alpha value is -2.38. The molecule has 0 aromatic carbocycles. The lowest BCUT2D eigenvalue weighted by Gasteiger charge is -2.22. The summed E-state index contributed by atoms with van der Waals surface area (Å²) in [5.74, 6) is -0.0709. The molecule has 3 rings (SSSR count). The molecule has 8 nitrogen and oxygen atoms in total. The Labute approximate surface area is 140 Å². The Bertz CT molecular complexity index is 668. The molecule has 24 heavy (non-hydrogen) atoms. The molecule has 2 heterocycles. The van der Waals surface area contributed by atoms with E-state index in [9.17, 15) is 14.4 Å². The van der Waals surface area contributed by atoms with Crippen LogP contribution in [-0.4, -0.2) is 52.2 Å². The van der Waals surface area contributed by atoms with E-state index in [4.69, 9.17) is 0 Å². The summed E-state index contributed by atoms with van der Waals surface area (Å²) in [6.07, 6.45) is 2.27. The Morgan fingerprint density at radius 2 is 2.08 bits per heavy atom. The van der Waals surface area contributed by atoms with Crippen LogP contribution in [0.3, 0.4) is 0 Å². The largest absolute Gasteiger partial charge is 0.349 e. The molecule has 4 amide bonds. The van der Waals surface area contributed by atoms with Crippen molar-refractivity contribution < 1.29 is 14.4 Å². The van der Waals surface area contributed by atoms with E-state index in [0.29, 0.717) is 11.6 Å². The number of aromatic nitrogens is 2. The number of amides is 4. The third-order valence-electron chi connectivity index (χ3n) is 4.16. The van der Waals surface area contributed by atoms with Crippen molar-refractivity contribution in [3.05, 3.63) is 17.5 Å². The van der Waals surface area contributed by atoms with Crippen LogP contribution in [0.4, 0.5) is 4.79 Å². The van der Waals surface area contributed by atoms with Gasteiger partial charge in [-0.25, -0.2) is 4.79 Å². The lowest BCUT2D eigenvalue weighted by Crippen LogP contribution is -2.38. The van der Waals surface area contributed by atoms with Gasteiger partial charge in [0.25, 0.3) is 5.91 Å². The van der Waals surface area contributed by atoms with Crippen LogP contribution in [-0.2, 0) is 10.3 Å². The second-order valence-electron chi connectivity index (χ2n) is 7.27. The van der Waals surface area contributed by atoms with Gasteiger partial charge >= 0.3 is 6.03 Å². The van der Waals surface area contributed by atoms with Crippen molar-refractivity contribution >= 4 is 17.8 Å². The highest BCUT2D eigenvalue weighted by atomic mass is 16.2. The first-order chi connectivity index (χ1) is 11.3. The number of rotatable bonds is 5. The number of carbonyl (C=O) groups is 3. The van der Waals surface area contributed by atoms with Gasteiger partial charge in [-0.05, 0) is 39.7 Å². The van der Waals surface area contributed by atoms with E-state index >= 15 is 0 Å². The Morgan fingerprint density at radius 1 is 1.38 bits per heavy atom. The van der Waals surface area contributed by atoms with Crippen LogP contribution in [0.5, 0.6) is 0 Å². The minimum Gasteiger partial charge on any atom is -0.349 e. The highest BCUT2D eigenvalue weighted by Crippen LogP contribution is 2.41. The molecule has 130 valence electrons. The van der Waals surface area contributed by atoms with E-state index in [2.05, 4.69) is 36.5 Å². The molecule has 1 saturated carbocycles. The summed E-state index contributed by atoms with van der Waals surface area (Å²) in [6, 6.07) is 1.44. The molecule has 2 aliphatic rings. The molecule has 1 aromatic rings. The van der Waals surface area contributed by atoms with E-state index in [1.807, 2.05) is 10.7 Å². The monoisotopic (exact) mass is 333 g/mol. The maximum Gasteiger partial charge on any atom is 0.324 e. The lowest BCUT2D eigenvalue weighted by molar-refractivity contribution is -0.124. The predicted octanol–water partition coefficient (Wildman–Crippen LogP) is 0.797. The smallest absolute Gasteiger partial charge is 0.324 e. The van der Waals surface area contributed by atoms with Gasteiger partial charge in [0.15, 0.2) is 0 Å². The highest BCUT2D eigenvalue weighted by Gasteiger charge is 2.32. The molecule has 0 unspecified atom stereocenters. The van der Waals surface area contributed by atoms with Gasteiger partial charge < -0.3 is 10.6 Å². The van der Waals surface area contributed by atoms with Gasteiger partial charge in [-0.3, -0.25) is 19.2 Å². The van der Waals surface area contributed by atoms with Crippen molar-refractivity contribution in [2.45, 2.75) is 45.1 Å². The van der Waals surface area contributed by atoms with Crippen LogP contribution in [0.2, 0.25) is 0 Å². The molecule has 1 saturated heterocycles. The first-order valence-electron chi connectivity index (χ1n) is 8.24. The Balaban J connectivity index is 1.63. The Kier molecular flexibility index (Phi) is 4.06. The molecular weight excluding hydrogens is 310 g/mol. The molecule has 0 spiro atoms. The van der Waals surface area contributed by atoms with Gasteiger partial charge in [0.05, 0.1) is 12.1 Å². The van der Waals surface area contributed by atoms with Crippen molar-refractivity contribution in [2.24, 2.45) is 0 Å². The van der Waals surface area contributed by atoms with Crippen molar-refractivity contribution in [1.82, 2.24) is 25.3 Å². The summed E-state index contributed by atoms with van der Waals surface area (Å²) in [6.45, 7) is 6.57. The minimum absolute atomic E-state index is 0.0213. The molecule has 8 heteroatoms. The van der Waals surface area contributed by atoms with E-state index in [0.717, 1.165) is 23.4 Å². The fourth-order valence-corrected chi connectivity index (χ4v) is 2.77. The number of hydrogen-bond donors (Lipinski definition) is 2. The normalized spacial score (nSPS) is 18.0. The van der Waals surface area contributed by atoms with Gasteiger partial charge in [0.1, 0.15) is 5.69 Å². The minimum atomic E-state index is -0.415. The lowest BCUT2D eigenvalue weighted by atomic mass is 10.1. The number of hydrogen-bond acceptors (Lipinski definition) is 4. The summed E-state index contributed by atoms with van der Waals surface area (Å²) in [7, 11) is 0. The summed E-state index contributed by atoms with van der Waals surface area (Å²) in [4.78, 5) is 36.3. The molecule has 0 radical (unpaired) electrons. The predicted molar refractivity (Wildman–Crippen MR) is 86.6 cm³/mol. The van der Waals surface area contributed by atoms with Gasteiger partial charge in [-0.2, -0.15) is 5.10 Å². The zero-order valence-electron chi connectivity index (χ0n) is 14.3. The molecule has 1 aliphatic heterocycles. The Morgan fingerprint density at radius 3 is 2.62 bits per heavy atom. The van der Waals surface area contributed by atoms with Gasteiger partial charge in [-0.15, -0.1) is 0 Å². The maximum atomic E-state index is 12.3. The first-order valence-corrected chi connectivity index (χ1v) is 8.24. The van der Waals surface area contributed by atoms with Crippen molar-refractivity contribution in [3.63, 3.8) is 0 Å². The topological polar surface area (TPSA) is 96.3 Å². The number of carbonyl (C=O) groups excluding carboxylic acids is 3. The van der Waals surface area contributed by atoms with Crippen LogP contribution in [0.1, 0.15) is 55.7 Å². The zero-order chi connectivity index (χ0) is 17.5. The van der Waals surface area contributed by atoms with Crippen molar-refractivity contribution in [2.75, 3.05) is 19.6 Å². The third-order valence-corrected chi connectivity index (χ3v) is 4.16. The average molecular weight is 333 g/mol. The summed E-state index contributed by atoms with van der Waals surface area (Å²) in [5, 5.41) is 9.64. The molecule has 0 bridgehead atoms. The molecule has 2 N–H and O–H groups in total. The van der Waals surface area contributed by atoms with Crippen LogP contribution in [0.15, 0.2) is 6.07 Å². The standard InChI is InChI=1S/C16H23N5O3/c1-16(2,3)21-12(10-4-5-10)8-11(19-21)14(23)17-6-7-20-13(22)9-18-15(20)24/h8,10H,4-7,9H2,1-3H3,(H,17,23)(H,18,24). The van der Waals surface area contributed by atoms with Crippen molar-refractivity contribution in [3.8, 4) is 0 Å². The number of nitrogens with zero attached hydrogens (tertiary/aromatic N) is 3. The molecule has 0 atom stereocenters. The van der Waals surface area contributed by atoms with Gasteiger partial charge in [0.2, 0.25) is 5.91 Å². The summed E-state index contributed by atoms with van der Waals surface area (Å²) in [5.41, 5.74) is 1.29. The molecular formula is C16H23N5O3. The van der Waals surface area contributed by atoms with E-state index in [1.54, 1.807) is 0 Å². The number of nitrogens with one attached hydrogen (secondary N) is 2. The van der Waals surface area contributed by atoms with E-state index < -0.39 is 6.03 Å². The van der Waals surface area contributed by atoms with Crippen LogP contribution >= 0.6 is 0 Å². The fraction of sp³-hybridized carbons (Fsp3) is 0.625. The van der Waals surface area contributed by atoms with Crippen LogP contribution in [0.25, 0.3) is 0 Å². The quantitative estimate of drug-likeness (QED) is 0.779. The molecule has 2 fully saturated rings. The molecule has 1 aromatic heterocycles. The second-order valence-corrected chi connectivity index (χ2v) is 7.27. The van der Waals surface area contributed by atoms with Gasteiger partial charge in [0, 0.05) is 24.7 Å². The summed E-state index contributed by atoms with van der Waals surface area (Å²) < 4.78 is 1.93. The van der Waals surface area contributed by atoms with E-state index in [-0.39, 0.29) is 37.0 Å². The van der Waals surface area contributed by atoms with Crippen LogP contribution < -0.4 is 10.6 Å². The maximum absolute atomic E-state index is 12.3. The van der Waals surface area contributed by atoms with Crippen molar-refractivity contribution in [1.29, 1.82) is 0 Å².